The lowest BCUT2D eigenvalue weighted by Crippen LogP contribution is -2.04. The maximum absolute atomic E-state index is 15.7. The van der Waals surface area contributed by atoms with E-state index in [9.17, 15) is 14.9 Å². The van der Waals surface area contributed by atoms with Gasteiger partial charge in [0.05, 0.1) is 40.0 Å². The number of fused-ring (bicyclic) bond motifs is 3. The summed E-state index contributed by atoms with van der Waals surface area (Å²) in [6.07, 6.45) is 0. The van der Waals surface area contributed by atoms with Crippen LogP contribution in [0.1, 0.15) is 11.1 Å². The lowest BCUT2D eigenvalue weighted by molar-refractivity contribution is 0.585. The van der Waals surface area contributed by atoms with Crippen LogP contribution in [0.15, 0.2) is 182 Å². The normalized spacial score (nSPS) is 11.1. The number of hydrogen-bond donors (Lipinski definition) is 0. The quantitative estimate of drug-likeness (QED) is 0.160. The second-order valence-corrected chi connectivity index (χ2v) is 14.6. The molecule has 0 bridgehead atoms. The van der Waals surface area contributed by atoms with Crippen LogP contribution in [0, 0.1) is 34.3 Å². The van der Waals surface area contributed by atoms with Crippen molar-refractivity contribution in [3.63, 3.8) is 0 Å². The Kier molecular flexibility index (Phi) is 9.21. The van der Waals surface area contributed by atoms with E-state index < -0.39 is 11.6 Å². The lowest BCUT2D eigenvalue weighted by Gasteiger charge is -2.17. The Morgan fingerprint density at radius 2 is 0.869 bits per heavy atom. The van der Waals surface area contributed by atoms with Crippen LogP contribution in [0.3, 0.4) is 0 Å². The van der Waals surface area contributed by atoms with Crippen molar-refractivity contribution in [2.45, 2.75) is 0 Å². The van der Waals surface area contributed by atoms with Gasteiger partial charge in [-0.2, -0.15) is 10.5 Å². The molecular weight excluding hydrogens is 759 g/mol. The highest BCUT2D eigenvalue weighted by molar-refractivity contribution is 6.11. The van der Waals surface area contributed by atoms with Gasteiger partial charge in [-0.25, -0.2) is 23.7 Å². The molecule has 0 radical (unpaired) electrons. The van der Waals surface area contributed by atoms with Gasteiger partial charge in [0.1, 0.15) is 11.6 Å². The third-order valence-electron chi connectivity index (χ3n) is 10.8. The molecule has 0 unspecified atom stereocenters. The molecule has 0 spiro atoms. The van der Waals surface area contributed by atoms with E-state index in [2.05, 4.69) is 41.0 Å². The van der Waals surface area contributed by atoms with E-state index in [-0.39, 0.29) is 5.56 Å². The van der Waals surface area contributed by atoms with E-state index in [0.29, 0.717) is 45.4 Å². The van der Waals surface area contributed by atoms with Crippen molar-refractivity contribution in [3.05, 3.63) is 205 Å². The van der Waals surface area contributed by atoms with Crippen LogP contribution >= 0.6 is 0 Å². The summed E-state index contributed by atoms with van der Waals surface area (Å²) in [7, 11) is 0. The fraction of sp³-hybridized carbons (Fsp3) is 0. The predicted molar refractivity (Wildman–Crippen MR) is 236 cm³/mol. The number of nitriles is 2. The number of nitrogens with zero attached hydrogens (tertiary/aromatic N) is 6. The van der Waals surface area contributed by atoms with Crippen molar-refractivity contribution in [2.75, 3.05) is 0 Å². The van der Waals surface area contributed by atoms with E-state index in [0.717, 1.165) is 61.3 Å². The third-order valence-corrected chi connectivity index (χ3v) is 10.8. The van der Waals surface area contributed by atoms with Crippen LogP contribution in [0.2, 0.25) is 0 Å². The van der Waals surface area contributed by atoms with Crippen molar-refractivity contribution < 1.29 is 8.78 Å². The molecule has 0 amide bonds. The molecule has 10 rings (SSSR count). The smallest absolute Gasteiger partial charge is 0.166 e. The zero-order valence-electron chi connectivity index (χ0n) is 32.3. The molecule has 286 valence electrons. The molecule has 0 fully saturated rings. The molecule has 61 heavy (non-hydrogen) atoms. The number of aromatic nitrogens is 4. The van der Waals surface area contributed by atoms with Crippen LogP contribution in [-0.4, -0.2) is 19.5 Å². The number of benzene rings is 8. The first kappa shape index (κ1) is 36.7. The Morgan fingerprint density at radius 1 is 0.393 bits per heavy atom. The van der Waals surface area contributed by atoms with Gasteiger partial charge in [-0.05, 0) is 88.5 Å². The largest absolute Gasteiger partial charge is 0.308 e. The summed E-state index contributed by atoms with van der Waals surface area (Å²) < 4.78 is 32.1. The molecule has 0 N–H and O–H groups in total. The van der Waals surface area contributed by atoms with Crippen LogP contribution < -0.4 is 0 Å². The second-order valence-electron chi connectivity index (χ2n) is 14.6. The second kappa shape index (κ2) is 15.3. The van der Waals surface area contributed by atoms with Crippen molar-refractivity contribution in [3.8, 4) is 85.4 Å². The third kappa shape index (κ3) is 6.85. The van der Waals surface area contributed by atoms with Crippen LogP contribution in [0.5, 0.6) is 0 Å². The topological polar surface area (TPSA) is 91.2 Å². The van der Waals surface area contributed by atoms with Crippen molar-refractivity contribution in [1.82, 2.24) is 19.5 Å². The first-order valence-corrected chi connectivity index (χ1v) is 19.5. The summed E-state index contributed by atoms with van der Waals surface area (Å²) in [5.74, 6) is -0.0255. The highest BCUT2D eigenvalue weighted by atomic mass is 19.1. The highest BCUT2D eigenvalue weighted by Crippen LogP contribution is 2.41. The van der Waals surface area contributed by atoms with Gasteiger partial charge in [0.15, 0.2) is 17.5 Å². The average molecular weight is 789 g/mol. The zero-order valence-corrected chi connectivity index (χ0v) is 32.3. The molecule has 0 saturated heterocycles. The standard InChI is InChI=1S/C53H30F2N6/c54-42-20-24-43(47(55)30-42)41-19-23-46(53-59-51(35-11-3-1-4-12-35)58-52(60-53)36-13-5-2-6-14-36)50(29-41)61-48-27-39(37-15-7-9-33(25-37)31-56)17-21-44(48)45-22-18-40(28-49(45)61)38-16-8-10-34(26-38)32-57/h1-30H. The minimum atomic E-state index is -0.696. The number of rotatable bonds is 7. The molecule has 0 aliphatic carbocycles. The molecule has 10 aromatic rings. The summed E-state index contributed by atoms with van der Waals surface area (Å²) in [6.45, 7) is 0. The summed E-state index contributed by atoms with van der Waals surface area (Å²) in [4.78, 5) is 15.2. The average Bonchev–Trinajstić information content (AvgIpc) is 3.64. The fourth-order valence-corrected chi connectivity index (χ4v) is 7.90. The van der Waals surface area contributed by atoms with Gasteiger partial charge in [-0.15, -0.1) is 0 Å². The van der Waals surface area contributed by atoms with Gasteiger partial charge in [0.2, 0.25) is 0 Å². The van der Waals surface area contributed by atoms with E-state index in [4.69, 9.17) is 15.0 Å². The molecule has 8 aromatic carbocycles. The molecule has 0 aliphatic heterocycles. The van der Waals surface area contributed by atoms with Gasteiger partial charge >= 0.3 is 0 Å². The molecule has 6 nitrogen and oxygen atoms in total. The molecule has 2 heterocycles. The maximum Gasteiger partial charge on any atom is 0.166 e. The Hall–Kier alpha value is -8.59. The Labute approximate surface area is 349 Å². The van der Waals surface area contributed by atoms with E-state index in [1.54, 1.807) is 18.2 Å². The van der Waals surface area contributed by atoms with E-state index >= 15 is 4.39 Å². The molecule has 0 aliphatic rings. The SMILES string of the molecule is N#Cc1cccc(-c2ccc3c4ccc(-c5cccc(C#N)c5)cc4n(-c4cc(-c5ccc(F)cc5F)ccc4-c4nc(-c5ccccc5)nc(-c5ccccc5)n4)c3c2)c1. The van der Waals surface area contributed by atoms with Gasteiger partial charge in [0.25, 0.3) is 0 Å². The first-order chi connectivity index (χ1) is 29.9. The van der Waals surface area contributed by atoms with Crippen molar-refractivity contribution in [1.29, 1.82) is 10.5 Å². The van der Waals surface area contributed by atoms with Crippen molar-refractivity contribution in [2.24, 2.45) is 0 Å². The van der Waals surface area contributed by atoms with Crippen LogP contribution in [0.25, 0.3) is 95.0 Å². The Morgan fingerprint density at radius 3 is 1.39 bits per heavy atom. The van der Waals surface area contributed by atoms with Gasteiger partial charge in [0, 0.05) is 39.1 Å². The minimum Gasteiger partial charge on any atom is -0.308 e. The maximum atomic E-state index is 15.7. The number of halogens is 2. The summed E-state index contributed by atoms with van der Waals surface area (Å²) >= 11 is 0. The molecular formula is C53H30F2N6. The van der Waals surface area contributed by atoms with Gasteiger partial charge in [-0.1, -0.05) is 115 Å². The predicted octanol–water partition coefficient (Wildman–Crippen LogP) is 13.0. The Bertz CT molecular complexity index is 3250. The van der Waals surface area contributed by atoms with Crippen LogP contribution in [0.4, 0.5) is 8.78 Å². The zero-order chi connectivity index (χ0) is 41.5. The van der Waals surface area contributed by atoms with Crippen LogP contribution in [-0.2, 0) is 0 Å². The summed E-state index contributed by atoms with van der Waals surface area (Å²) in [6, 6.07) is 60.4. The highest BCUT2D eigenvalue weighted by Gasteiger charge is 2.22. The fourth-order valence-electron chi connectivity index (χ4n) is 7.90. The van der Waals surface area contributed by atoms with E-state index in [1.165, 1.54) is 12.1 Å². The first-order valence-electron chi connectivity index (χ1n) is 19.5. The molecule has 2 aromatic heterocycles. The monoisotopic (exact) mass is 788 g/mol. The lowest BCUT2D eigenvalue weighted by atomic mass is 10.00. The van der Waals surface area contributed by atoms with Gasteiger partial charge < -0.3 is 4.57 Å². The molecule has 0 saturated carbocycles. The van der Waals surface area contributed by atoms with Gasteiger partial charge in [-0.3, -0.25) is 0 Å². The van der Waals surface area contributed by atoms with Crippen molar-refractivity contribution >= 4 is 21.8 Å². The summed E-state index contributed by atoms with van der Waals surface area (Å²) in [5.41, 5.74) is 9.87. The minimum absolute atomic E-state index is 0.226. The summed E-state index contributed by atoms with van der Waals surface area (Å²) in [5, 5.41) is 21.4. The Balaban J connectivity index is 1.32. The molecule has 8 heteroatoms. The molecule has 0 atom stereocenters. The van der Waals surface area contributed by atoms with E-state index in [1.807, 2.05) is 121 Å². The number of hydrogen-bond acceptors (Lipinski definition) is 5.